The van der Waals surface area contributed by atoms with Gasteiger partial charge in [-0.2, -0.15) is 9.50 Å². The average molecular weight is 461 g/mol. The van der Waals surface area contributed by atoms with Gasteiger partial charge in [0.15, 0.2) is 5.82 Å². The number of halogens is 1. The average Bonchev–Trinajstić information content (AvgIpc) is 3.25. The minimum atomic E-state index is -0.224. The molecule has 2 aromatic carbocycles. The van der Waals surface area contributed by atoms with Crippen LogP contribution in [0.15, 0.2) is 59.4 Å². The highest BCUT2D eigenvalue weighted by molar-refractivity contribution is 5.57. The van der Waals surface area contributed by atoms with Gasteiger partial charge in [0.25, 0.3) is 11.3 Å². The number of benzene rings is 2. The first kappa shape index (κ1) is 22.3. The van der Waals surface area contributed by atoms with Crippen molar-refractivity contribution in [3.8, 4) is 11.4 Å². The third-order valence-electron chi connectivity index (χ3n) is 6.36. The molecule has 34 heavy (non-hydrogen) atoms. The van der Waals surface area contributed by atoms with E-state index in [4.69, 9.17) is 0 Å². The van der Waals surface area contributed by atoms with Crippen LogP contribution in [0.4, 0.5) is 10.1 Å². The molecule has 7 nitrogen and oxygen atoms in total. The summed E-state index contributed by atoms with van der Waals surface area (Å²) in [6, 6.07) is 16.4. The van der Waals surface area contributed by atoms with E-state index < -0.39 is 0 Å². The van der Waals surface area contributed by atoms with Crippen LogP contribution >= 0.6 is 0 Å². The second-order valence-corrected chi connectivity index (χ2v) is 9.86. The number of H-pyrrole nitrogens is 1. The molecule has 4 aromatic rings. The van der Waals surface area contributed by atoms with Crippen molar-refractivity contribution in [1.29, 1.82) is 0 Å². The standard InChI is InChI=1S/C26H29FN6O/c1-26(2,3)19-6-4-18(5-7-19)24-29-25-28-21(16-23(34)33(25)30-24)17-31-12-14-32(15-13-31)22-10-8-20(27)9-11-22/h4-11,16H,12-15,17H2,1-3H3,(H,28,29,30). The molecule has 0 unspecified atom stereocenters. The number of anilines is 1. The molecule has 0 aliphatic carbocycles. The van der Waals surface area contributed by atoms with Crippen molar-refractivity contribution in [2.75, 3.05) is 31.1 Å². The van der Waals surface area contributed by atoms with Gasteiger partial charge in [-0.15, -0.1) is 0 Å². The van der Waals surface area contributed by atoms with Crippen LogP contribution in [-0.2, 0) is 12.0 Å². The van der Waals surface area contributed by atoms with E-state index in [0.29, 0.717) is 23.8 Å². The molecule has 176 valence electrons. The molecule has 0 saturated carbocycles. The van der Waals surface area contributed by atoms with Gasteiger partial charge in [0.1, 0.15) is 5.82 Å². The van der Waals surface area contributed by atoms with Gasteiger partial charge >= 0.3 is 0 Å². The third kappa shape index (κ3) is 4.59. The first-order valence-electron chi connectivity index (χ1n) is 11.6. The molecule has 8 heteroatoms. The van der Waals surface area contributed by atoms with Gasteiger partial charge in [0.2, 0.25) is 0 Å². The van der Waals surface area contributed by atoms with Gasteiger partial charge in [-0.3, -0.25) is 14.8 Å². The minimum absolute atomic E-state index is 0.0737. The number of rotatable bonds is 4. The Morgan fingerprint density at radius 2 is 1.62 bits per heavy atom. The highest BCUT2D eigenvalue weighted by atomic mass is 19.1. The van der Waals surface area contributed by atoms with Crippen LogP contribution in [0.3, 0.4) is 0 Å². The van der Waals surface area contributed by atoms with Gasteiger partial charge in [0, 0.05) is 50.0 Å². The maximum Gasteiger partial charge on any atom is 0.274 e. The van der Waals surface area contributed by atoms with Crippen molar-refractivity contribution in [1.82, 2.24) is 24.5 Å². The van der Waals surface area contributed by atoms with E-state index in [2.05, 4.69) is 57.8 Å². The summed E-state index contributed by atoms with van der Waals surface area (Å²) < 4.78 is 14.6. The second-order valence-electron chi connectivity index (χ2n) is 9.86. The molecular weight excluding hydrogens is 431 g/mol. The lowest BCUT2D eigenvalue weighted by Gasteiger charge is -2.35. The molecule has 1 fully saturated rings. The SMILES string of the molecule is CC(C)(C)c1ccc(-c2nc3nc(CN4CCN(c5ccc(F)cc5)CC4)cc(=O)n3[nH]2)cc1. The number of nitrogens with one attached hydrogen (secondary N) is 1. The number of hydrogen-bond donors (Lipinski definition) is 1. The Balaban J connectivity index is 1.30. The van der Waals surface area contributed by atoms with Crippen molar-refractivity contribution < 1.29 is 4.39 Å². The van der Waals surface area contributed by atoms with Gasteiger partial charge in [-0.1, -0.05) is 45.0 Å². The van der Waals surface area contributed by atoms with Crippen LogP contribution in [0.2, 0.25) is 0 Å². The zero-order valence-electron chi connectivity index (χ0n) is 19.8. The quantitative estimate of drug-likeness (QED) is 0.501. The fourth-order valence-electron chi connectivity index (χ4n) is 4.31. The van der Waals surface area contributed by atoms with Crippen molar-refractivity contribution in [3.05, 3.63) is 82.0 Å². The van der Waals surface area contributed by atoms with E-state index in [9.17, 15) is 9.18 Å². The van der Waals surface area contributed by atoms with E-state index in [1.165, 1.54) is 22.2 Å². The maximum absolute atomic E-state index is 13.2. The Bertz CT molecular complexity index is 1340. The number of hydrogen-bond acceptors (Lipinski definition) is 5. The molecule has 0 amide bonds. The first-order chi connectivity index (χ1) is 16.3. The van der Waals surface area contributed by atoms with Crippen LogP contribution in [-0.4, -0.2) is 50.7 Å². The maximum atomic E-state index is 13.2. The van der Waals surface area contributed by atoms with Crippen molar-refractivity contribution in [2.24, 2.45) is 0 Å². The zero-order valence-corrected chi connectivity index (χ0v) is 19.8. The molecule has 2 aromatic heterocycles. The molecule has 1 aliphatic rings. The molecule has 5 rings (SSSR count). The zero-order chi connectivity index (χ0) is 23.9. The molecule has 1 N–H and O–H groups in total. The lowest BCUT2D eigenvalue weighted by Crippen LogP contribution is -2.46. The van der Waals surface area contributed by atoms with Crippen LogP contribution in [0.1, 0.15) is 32.0 Å². The predicted molar refractivity (Wildman–Crippen MR) is 132 cm³/mol. The Kier molecular flexibility index (Phi) is 5.69. The first-order valence-corrected chi connectivity index (χ1v) is 11.6. The predicted octanol–water partition coefficient (Wildman–Crippen LogP) is 3.84. The number of fused-ring (bicyclic) bond motifs is 1. The highest BCUT2D eigenvalue weighted by Crippen LogP contribution is 2.25. The van der Waals surface area contributed by atoms with E-state index >= 15 is 0 Å². The van der Waals surface area contributed by atoms with Gasteiger partial charge in [-0.05, 0) is 35.2 Å². The fraction of sp³-hybridized carbons (Fsp3) is 0.346. The summed E-state index contributed by atoms with van der Waals surface area (Å²) >= 11 is 0. The number of nitrogens with zero attached hydrogens (tertiary/aromatic N) is 5. The van der Waals surface area contributed by atoms with Gasteiger partial charge in [-0.25, -0.2) is 9.37 Å². The smallest absolute Gasteiger partial charge is 0.274 e. The van der Waals surface area contributed by atoms with E-state index in [-0.39, 0.29) is 16.8 Å². The van der Waals surface area contributed by atoms with Crippen LogP contribution < -0.4 is 10.5 Å². The van der Waals surface area contributed by atoms with E-state index in [0.717, 1.165) is 37.4 Å². The topological polar surface area (TPSA) is 69.5 Å². The summed E-state index contributed by atoms with van der Waals surface area (Å²) in [6.07, 6.45) is 0. The van der Waals surface area contributed by atoms with Crippen molar-refractivity contribution in [2.45, 2.75) is 32.7 Å². The number of aromatic amines is 1. The highest BCUT2D eigenvalue weighted by Gasteiger charge is 2.19. The lowest BCUT2D eigenvalue weighted by atomic mass is 9.87. The Morgan fingerprint density at radius 3 is 2.26 bits per heavy atom. The largest absolute Gasteiger partial charge is 0.369 e. The summed E-state index contributed by atoms with van der Waals surface area (Å²) in [5, 5.41) is 3.08. The lowest BCUT2D eigenvalue weighted by molar-refractivity contribution is 0.247. The van der Waals surface area contributed by atoms with Gasteiger partial charge in [0.05, 0.1) is 5.69 Å². The molecule has 0 atom stereocenters. The molecule has 0 spiro atoms. The monoisotopic (exact) mass is 460 g/mol. The van der Waals surface area contributed by atoms with Crippen LogP contribution in [0.25, 0.3) is 17.2 Å². The summed E-state index contributed by atoms with van der Waals surface area (Å²) in [5.74, 6) is 0.774. The van der Waals surface area contributed by atoms with Gasteiger partial charge < -0.3 is 4.90 Å². The second kappa shape index (κ2) is 8.68. The molecule has 0 radical (unpaired) electrons. The summed E-state index contributed by atoms with van der Waals surface area (Å²) in [6.45, 7) is 10.5. The van der Waals surface area contributed by atoms with E-state index in [1.807, 2.05) is 24.3 Å². The summed E-state index contributed by atoms with van der Waals surface area (Å²) in [7, 11) is 0. The number of aromatic nitrogens is 4. The Labute approximate surface area is 197 Å². The minimum Gasteiger partial charge on any atom is -0.369 e. The van der Waals surface area contributed by atoms with E-state index in [1.54, 1.807) is 6.07 Å². The number of piperazine rings is 1. The normalized spacial score (nSPS) is 15.2. The third-order valence-corrected chi connectivity index (χ3v) is 6.36. The van der Waals surface area contributed by atoms with Crippen LogP contribution in [0.5, 0.6) is 0 Å². The molecule has 3 heterocycles. The summed E-state index contributed by atoms with van der Waals surface area (Å²) in [5.41, 5.74) is 3.79. The molecule has 0 bridgehead atoms. The van der Waals surface area contributed by atoms with Crippen molar-refractivity contribution in [3.63, 3.8) is 0 Å². The van der Waals surface area contributed by atoms with Crippen LogP contribution in [0, 0.1) is 5.82 Å². The molecule has 1 aliphatic heterocycles. The molecular formula is C26H29FN6O. The van der Waals surface area contributed by atoms with Crippen molar-refractivity contribution >= 4 is 11.5 Å². The fourth-order valence-corrected chi connectivity index (χ4v) is 4.31. The Morgan fingerprint density at radius 1 is 0.941 bits per heavy atom. The Hall–Kier alpha value is -3.52. The summed E-state index contributed by atoms with van der Waals surface area (Å²) in [4.78, 5) is 26.5. The molecule has 1 saturated heterocycles.